The molecular weight excluding hydrogens is 440 g/mol. The van der Waals surface area contributed by atoms with Gasteiger partial charge in [-0.15, -0.1) is 0 Å². The van der Waals surface area contributed by atoms with Crippen molar-refractivity contribution in [2.75, 3.05) is 10.8 Å². The molecule has 3 aromatic rings. The van der Waals surface area contributed by atoms with Gasteiger partial charge in [0.1, 0.15) is 6.54 Å². The predicted octanol–water partition coefficient (Wildman–Crippen LogP) is 3.96. The van der Waals surface area contributed by atoms with Gasteiger partial charge in [-0.1, -0.05) is 64.5 Å². The molecule has 0 aliphatic carbocycles. The Labute approximate surface area is 173 Å². The Morgan fingerprint density at radius 3 is 2.04 bits per heavy atom. The summed E-state index contributed by atoms with van der Waals surface area (Å²) in [5, 5.41) is 2.78. The van der Waals surface area contributed by atoms with Crippen molar-refractivity contribution in [3.05, 3.63) is 95.0 Å². The lowest BCUT2D eigenvalue weighted by molar-refractivity contribution is -0.119. The monoisotopic (exact) mass is 458 g/mol. The molecule has 1 N–H and O–H groups in total. The molecule has 0 aliphatic heterocycles. The highest BCUT2D eigenvalue weighted by Gasteiger charge is 2.26. The molecule has 5 nitrogen and oxygen atoms in total. The molecule has 3 aromatic carbocycles. The molecule has 0 radical (unpaired) electrons. The van der Waals surface area contributed by atoms with E-state index in [9.17, 15) is 13.2 Å². The zero-order chi connectivity index (χ0) is 20.0. The second-order valence-corrected chi connectivity index (χ2v) is 8.84. The van der Waals surface area contributed by atoms with E-state index in [1.165, 1.54) is 12.1 Å². The van der Waals surface area contributed by atoms with Crippen LogP contribution in [0.4, 0.5) is 5.69 Å². The summed E-state index contributed by atoms with van der Waals surface area (Å²) in [4.78, 5) is 12.7. The van der Waals surface area contributed by atoms with E-state index >= 15 is 0 Å². The van der Waals surface area contributed by atoms with Crippen molar-refractivity contribution in [3.8, 4) is 0 Å². The summed E-state index contributed by atoms with van der Waals surface area (Å²) in [7, 11) is -3.89. The van der Waals surface area contributed by atoms with Gasteiger partial charge in [0, 0.05) is 11.0 Å². The number of hydrogen-bond donors (Lipinski definition) is 1. The fourth-order valence-corrected chi connectivity index (χ4v) is 4.33. The second-order valence-electron chi connectivity index (χ2n) is 6.06. The molecule has 7 heteroatoms. The summed E-state index contributed by atoms with van der Waals surface area (Å²) in [5.74, 6) is -0.383. The van der Waals surface area contributed by atoms with E-state index in [1.807, 2.05) is 30.3 Å². The molecule has 0 unspecified atom stereocenters. The maximum absolute atomic E-state index is 13.2. The SMILES string of the molecule is O=C(CN(c1ccc(Br)cc1)S(=O)(=O)c1ccccc1)NCc1ccccc1. The molecule has 0 aromatic heterocycles. The normalized spacial score (nSPS) is 11.0. The van der Waals surface area contributed by atoms with Crippen LogP contribution in [0.1, 0.15) is 5.56 Å². The zero-order valence-electron chi connectivity index (χ0n) is 15.0. The van der Waals surface area contributed by atoms with Gasteiger partial charge in [-0.3, -0.25) is 9.10 Å². The fourth-order valence-electron chi connectivity index (χ4n) is 2.62. The maximum atomic E-state index is 13.2. The highest BCUT2D eigenvalue weighted by Crippen LogP contribution is 2.25. The Hall–Kier alpha value is -2.64. The number of anilines is 1. The summed E-state index contributed by atoms with van der Waals surface area (Å²) in [6.07, 6.45) is 0. The fraction of sp³-hybridized carbons (Fsp3) is 0.0952. The number of hydrogen-bond acceptors (Lipinski definition) is 3. The Morgan fingerprint density at radius 1 is 0.857 bits per heavy atom. The summed E-state index contributed by atoms with van der Waals surface area (Å²) < 4.78 is 28.3. The average Bonchev–Trinajstić information content (AvgIpc) is 2.72. The van der Waals surface area contributed by atoms with Crippen molar-refractivity contribution in [2.24, 2.45) is 0 Å². The van der Waals surface area contributed by atoms with Crippen molar-refractivity contribution in [1.82, 2.24) is 5.32 Å². The Balaban J connectivity index is 1.84. The van der Waals surface area contributed by atoms with Crippen LogP contribution >= 0.6 is 15.9 Å². The van der Waals surface area contributed by atoms with Gasteiger partial charge in [-0.2, -0.15) is 0 Å². The molecule has 0 fully saturated rings. The van der Waals surface area contributed by atoms with Crippen LogP contribution in [-0.2, 0) is 21.4 Å². The van der Waals surface area contributed by atoms with Crippen LogP contribution in [0.15, 0.2) is 94.3 Å². The zero-order valence-corrected chi connectivity index (χ0v) is 17.4. The van der Waals surface area contributed by atoms with Gasteiger partial charge in [0.25, 0.3) is 10.0 Å². The topological polar surface area (TPSA) is 66.5 Å². The van der Waals surface area contributed by atoms with Crippen LogP contribution in [0.5, 0.6) is 0 Å². The van der Waals surface area contributed by atoms with E-state index in [0.717, 1.165) is 14.3 Å². The Bertz CT molecular complexity index is 1020. The number of sulfonamides is 1. The third-order valence-corrected chi connectivity index (χ3v) is 6.38. The van der Waals surface area contributed by atoms with Crippen LogP contribution in [0.3, 0.4) is 0 Å². The van der Waals surface area contributed by atoms with E-state index in [4.69, 9.17) is 0 Å². The Morgan fingerprint density at radius 2 is 1.43 bits per heavy atom. The average molecular weight is 459 g/mol. The van der Waals surface area contributed by atoms with E-state index in [-0.39, 0.29) is 17.3 Å². The summed E-state index contributed by atoms with van der Waals surface area (Å²) in [5.41, 5.74) is 1.36. The van der Waals surface area contributed by atoms with Crippen LogP contribution in [0.2, 0.25) is 0 Å². The molecular formula is C21H19BrN2O3S. The molecule has 3 rings (SSSR count). The van der Waals surface area contributed by atoms with Gasteiger partial charge >= 0.3 is 0 Å². The third-order valence-electron chi connectivity index (χ3n) is 4.07. The number of halogens is 1. The van der Waals surface area contributed by atoms with Crippen molar-refractivity contribution < 1.29 is 13.2 Å². The highest BCUT2D eigenvalue weighted by molar-refractivity contribution is 9.10. The number of carbonyl (C=O) groups excluding carboxylic acids is 1. The molecule has 1 amide bonds. The first-order valence-electron chi connectivity index (χ1n) is 8.61. The molecule has 0 atom stereocenters. The van der Waals surface area contributed by atoms with Gasteiger partial charge in [0.2, 0.25) is 5.91 Å². The quantitative estimate of drug-likeness (QED) is 0.582. The lowest BCUT2D eigenvalue weighted by Gasteiger charge is -2.24. The second kappa shape index (κ2) is 9.03. The minimum atomic E-state index is -3.89. The third kappa shape index (κ3) is 4.99. The van der Waals surface area contributed by atoms with Gasteiger partial charge in [0.05, 0.1) is 10.6 Å². The van der Waals surface area contributed by atoms with Crippen molar-refractivity contribution in [3.63, 3.8) is 0 Å². The van der Waals surface area contributed by atoms with Crippen LogP contribution in [0.25, 0.3) is 0 Å². The summed E-state index contributed by atoms with van der Waals surface area (Å²) >= 11 is 3.34. The smallest absolute Gasteiger partial charge is 0.264 e. The number of benzene rings is 3. The van der Waals surface area contributed by atoms with E-state index in [2.05, 4.69) is 21.2 Å². The van der Waals surface area contributed by atoms with Crippen molar-refractivity contribution in [2.45, 2.75) is 11.4 Å². The number of rotatable bonds is 7. The summed E-state index contributed by atoms with van der Waals surface area (Å²) in [6.45, 7) is 0.0188. The first kappa shape index (κ1) is 20.1. The lowest BCUT2D eigenvalue weighted by atomic mass is 10.2. The number of carbonyl (C=O) groups is 1. The Kier molecular flexibility index (Phi) is 6.49. The standard InChI is InChI=1S/C21H19BrN2O3S/c22-18-11-13-19(14-12-18)24(28(26,27)20-9-5-2-6-10-20)16-21(25)23-15-17-7-3-1-4-8-17/h1-14H,15-16H2,(H,23,25). The molecule has 28 heavy (non-hydrogen) atoms. The molecule has 0 spiro atoms. The van der Waals surface area contributed by atoms with Crippen molar-refractivity contribution in [1.29, 1.82) is 0 Å². The molecule has 0 bridgehead atoms. The molecule has 0 aliphatic rings. The highest BCUT2D eigenvalue weighted by atomic mass is 79.9. The number of amides is 1. The predicted molar refractivity (Wildman–Crippen MR) is 113 cm³/mol. The minimum absolute atomic E-state index is 0.133. The van der Waals surface area contributed by atoms with E-state index in [1.54, 1.807) is 42.5 Å². The molecule has 0 saturated carbocycles. The molecule has 0 saturated heterocycles. The largest absolute Gasteiger partial charge is 0.350 e. The molecule has 0 heterocycles. The van der Waals surface area contributed by atoms with Gasteiger partial charge in [-0.05, 0) is 42.0 Å². The lowest BCUT2D eigenvalue weighted by Crippen LogP contribution is -2.40. The van der Waals surface area contributed by atoms with E-state index in [0.29, 0.717) is 12.2 Å². The first-order valence-corrected chi connectivity index (χ1v) is 10.8. The number of nitrogens with zero attached hydrogens (tertiary/aromatic N) is 1. The van der Waals surface area contributed by atoms with E-state index < -0.39 is 10.0 Å². The molecule has 144 valence electrons. The first-order chi connectivity index (χ1) is 13.5. The maximum Gasteiger partial charge on any atom is 0.264 e. The van der Waals surface area contributed by atoms with Gasteiger partial charge < -0.3 is 5.32 Å². The van der Waals surface area contributed by atoms with Crippen LogP contribution in [-0.4, -0.2) is 20.9 Å². The number of nitrogens with one attached hydrogen (secondary N) is 1. The summed E-state index contributed by atoms with van der Waals surface area (Å²) in [6, 6.07) is 24.4. The van der Waals surface area contributed by atoms with Gasteiger partial charge in [-0.25, -0.2) is 8.42 Å². The van der Waals surface area contributed by atoms with Crippen LogP contribution in [0, 0.1) is 0 Å². The van der Waals surface area contributed by atoms with Crippen LogP contribution < -0.4 is 9.62 Å². The van der Waals surface area contributed by atoms with Crippen molar-refractivity contribution >= 4 is 37.5 Å². The minimum Gasteiger partial charge on any atom is -0.350 e. The van der Waals surface area contributed by atoms with Gasteiger partial charge in [0.15, 0.2) is 0 Å².